The second-order valence-corrected chi connectivity index (χ2v) is 5.78. The van der Waals surface area contributed by atoms with E-state index in [2.05, 4.69) is 0 Å². The van der Waals surface area contributed by atoms with E-state index in [-0.39, 0.29) is 18.6 Å². The zero-order valence-electron chi connectivity index (χ0n) is 12.1. The Balaban J connectivity index is 1.64. The first kappa shape index (κ1) is 15.5. The van der Waals surface area contributed by atoms with Gasteiger partial charge in [-0.15, -0.1) is 0 Å². The molecular weight excluding hydrogens is 304 g/mol. The van der Waals surface area contributed by atoms with E-state index in [1.807, 2.05) is 0 Å². The lowest BCUT2D eigenvalue weighted by atomic mass is 9.82. The van der Waals surface area contributed by atoms with Gasteiger partial charge >= 0.3 is 11.9 Å². The molecule has 3 rings (SSSR count). The molecule has 2 bridgehead atoms. The van der Waals surface area contributed by atoms with Gasteiger partial charge in [-0.25, -0.2) is 9.59 Å². The molecule has 122 valence electrons. The minimum atomic E-state index is -1.69. The predicted molar refractivity (Wildman–Crippen MR) is 77.1 cm³/mol. The number of carbonyl (C=O) groups excluding carboxylic acids is 2. The molecular formula is C16H16O7. The number of benzene rings is 1. The molecule has 0 unspecified atom stereocenters. The number of aliphatic hydroxyl groups excluding tert-OH is 1. The number of carbonyl (C=O) groups is 2. The van der Waals surface area contributed by atoms with Crippen molar-refractivity contribution in [1.29, 1.82) is 0 Å². The monoisotopic (exact) mass is 320 g/mol. The molecule has 1 saturated heterocycles. The fourth-order valence-electron chi connectivity index (χ4n) is 2.84. The van der Waals surface area contributed by atoms with Gasteiger partial charge in [0.1, 0.15) is 11.9 Å². The maximum Gasteiger partial charge on any atom is 0.338 e. The summed E-state index contributed by atoms with van der Waals surface area (Å²) >= 11 is 0. The third-order valence-electron chi connectivity index (χ3n) is 4.03. The first-order chi connectivity index (χ1) is 10.9. The van der Waals surface area contributed by atoms with E-state index >= 15 is 0 Å². The topological polar surface area (TPSA) is 113 Å². The zero-order chi connectivity index (χ0) is 16.6. The Kier molecular flexibility index (Phi) is 3.83. The van der Waals surface area contributed by atoms with Crippen LogP contribution in [0.2, 0.25) is 0 Å². The van der Waals surface area contributed by atoms with Crippen molar-refractivity contribution in [3.05, 3.63) is 35.9 Å². The van der Waals surface area contributed by atoms with Crippen molar-refractivity contribution in [1.82, 2.24) is 0 Å². The lowest BCUT2D eigenvalue weighted by molar-refractivity contribution is -0.165. The average molecular weight is 320 g/mol. The summed E-state index contributed by atoms with van der Waals surface area (Å²) in [5, 5.41) is 29.1. The van der Waals surface area contributed by atoms with Crippen molar-refractivity contribution in [2.45, 2.75) is 36.8 Å². The summed E-state index contributed by atoms with van der Waals surface area (Å²) in [6.07, 6.45) is -0.563. The molecule has 23 heavy (non-hydrogen) atoms. The maximum absolute atomic E-state index is 11.9. The molecule has 0 aromatic heterocycles. The summed E-state index contributed by atoms with van der Waals surface area (Å²) in [6.45, 7) is 0. The van der Waals surface area contributed by atoms with E-state index in [1.165, 1.54) is 24.3 Å². The highest BCUT2D eigenvalue weighted by atomic mass is 16.6. The van der Waals surface area contributed by atoms with Gasteiger partial charge in [0.15, 0.2) is 11.7 Å². The standard InChI is InChI=1S/C16H16O7/c17-10-4-1-9(2-5-10)3-6-13(19)23-14-11(18)7-16(21)8-12(14)22-15(16)20/h1-6,11-12,14,17-18,21H,7-8H2/b6-3+/t11-,12-,14-,16+/m1/s1. The molecule has 7 heteroatoms. The Morgan fingerprint density at radius 3 is 2.70 bits per heavy atom. The van der Waals surface area contributed by atoms with Crippen LogP contribution in [0.3, 0.4) is 0 Å². The Hall–Kier alpha value is -2.38. The van der Waals surface area contributed by atoms with Crippen molar-refractivity contribution < 1.29 is 34.4 Å². The molecule has 4 atom stereocenters. The highest BCUT2D eigenvalue weighted by Gasteiger charge is 2.58. The summed E-state index contributed by atoms with van der Waals surface area (Å²) in [7, 11) is 0. The molecule has 2 fully saturated rings. The van der Waals surface area contributed by atoms with Gasteiger partial charge < -0.3 is 24.8 Å². The van der Waals surface area contributed by atoms with Gasteiger partial charge in [-0.3, -0.25) is 0 Å². The molecule has 7 nitrogen and oxygen atoms in total. The van der Waals surface area contributed by atoms with Crippen LogP contribution in [0.4, 0.5) is 0 Å². The van der Waals surface area contributed by atoms with Crippen molar-refractivity contribution in [2.24, 2.45) is 0 Å². The molecule has 2 aliphatic rings. The molecule has 1 heterocycles. The quantitative estimate of drug-likeness (QED) is 0.536. The molecule has 1 aliphatic carbocycles. The van der Waals surface area contributed by atoms with Crippen LogP contribution in [0, 0.1) is 0 Å². The molecule has 1 aromatic carbocycles. The van der Waals surface area contributed by atoms with E-state index < -0.39 is 35.9 Å². The second-order valence-electron chi connectivity index (χ2n) is 5.78. The van der Waals surface area contributed by atoms with Crippen LogP contribution in [0.15, 0.2) is 30.3 Å². The number of aromatic hydroxyl groups is 1. The summed E-state index contributed by atoms with van der Waals surface area (Å²) in [5.74, 6) is -1.37. The highest BCUT2D eigenvalue weighted by Crippen LogP contribution is 2.39. The average Bonchev–Trinajstić information content (AvgIpc) is 2.74. The summed E-state index contributed by atoms with van der Waals surface area (Å²) in [6, 6.07) is 6.20. The molecule has 1 aromatic rings. The minimum Gasteiger partial charge on any atom is -0.508 e. The molecule has 1 aliphatic heterocycles. The third-order valence-corrected chi connectivity index (χ3v) is 4.03. The lowest BCUT2D eigenvalue weighted by Crippen LogP contribution is -2.50. The van der Waals surface area contributed by atoms with Gasteiger partial charge in [0.05, 0.1) is 6.10 Å². The number of esters is 2. The Morgan fingerprint density at radius 1 is 1.30 bits per heavy atom. The Bertz CT molecular complexity index is 651. The van der Waals surface area contributed by atoms with E-state index in [0.29, 0.717) is 5.56 Å². The minimum absolute atomic E-state index is 0.00250. The van der Waals surface area contributed by atoms with Crippen LogP contribution in [0.5, 0.6) is 5.75 Å². The molecule has 1 saturated carbocycles. The largest absolute Gasteiger partial charge is 0.508 e. The summed E-state index contributed by atoms with van der Waals surface area (Å²) in [4.78, 5) is 23.4. The van der Waals surface area contributed by atoms with Crippen LogP contribution >= 0.6 is 0 Å². The normalized spacial score (nSPS) is 32.8. The Morgan fingerprint density at radius 2 is 2.00 bits per heavy atom. The van der Waals surface area contributed by atoms with E-state index in [4.69, 9.17) is 9.47 Å². The number of ether oxygens (including phenoxy) is 2. The molecule has 0 spiro atoms. The molecule has 0 amide bonds. The van der Waals surface area contributed by atoms with Gasteiger partial charge in [0.2, 0.25) is 0 Å². The maximum atomic E-state index is 11.9. The Labute approximate surface area is 131 Å². The zero-order valence-corrected chi connectivity index (χ0v) is 12.1. The number of fused-ring (bicyclic) bond motifs is 2. The number of phenols is 1. The molecule has 3 N–H and O–H groups in total. The second kappa shape index (κ2) is 5.68. The lowest BCUT2D eigenvalue weighted by Gasteiger charge is -2.32. The van der Waals surface area contributed by atoms with Crippen LogP contribution in [-0.4, -0.2) is 51.2 Å². The number of phenolic OH excluding ortho intramolecular Hbond substituents is 1. The fraction of sp³-hybridized carbons (Fsp3) is 0.375. The number of aliphatic hydroxyl groups is 2. The van der Waals surface area contributed by atoms with Crippen molar-refractivity contribution in [3.63, 3.8) is 0 Å². The van der Waals surface area contributed by atoms with E-state index in [1.54, 1.807) is 12.1 Å². The summed E-state index contributed by atoms with van der Waals surface area (Å²) < 4.78 is 10.1. The van der Waals surface area contributed by atoms with E-state index in [0.717, 1.165) is 0 Å². The van der Waals surface area contributed by atoms with Crippen molar-refractivity contribution in [3.8, 4) is 5.75 Å². The molecule has 0 radical (unpaired) electrons. The smallest absolute Gasteiger partial charge is 0.338 e. The van der Waals surface area contributed by atoms with E-state index in [9.17, 15) is 24.9 Å². The van der Waals surface area contributed by atoms with Gasteiger partial charge in [0, 0.05) is 18.9 Å². The number of hydrogen-bond donors (Lipinski definition) is 3. The van der Waals surface area contributed by atoms with Gasteiger partial charge in [-0.05, 0) is 23.8 Å². The van der Waals surface area contributed by atoms with Crippen LogP contribution < -0.4 is 0 Å². The predicted octanol–water partition coefficient (Wildman–Crippen LogP) is 0.128. The van der Waals surface area contributed by atoms with Crippen LogP contribution in [0.25, 0.3) is 6.08 Å². The van der Waals surface area contributed by atoms with Gasteiger partial charge in [-0.2, -0.15) is 0 Å². The first-order valence-electron chi connectivity index (χ1n) is 7.17. The van der Waals surface area contributed by atoms with Gasteiger partial charge in [-0.1, -0.05) is 12.1 Å². The number of rotatable bonds is 3. The van der Waals surface area contributed by atoms with Crippen LogP contribution in [0.1, 0.15) is 18.4 Å². The van der Waals surface area contributed by atoms with Gasteiger partial charge in [0.25, 0.3) is 0 Å². The number of hydrogen-bond acceptors (Lipinski definition) is 7. The highest BCUT2D eigenvalue weighted by molar-refractivity contribution is 5.87. The van der Waals surface area contributed by atoms with Crippen molar-refractivity contribution in [2.75, 3.05) is 0 Å². The summed E-state index contributed by atoms with van der Waals surface area (Å²) in [5.41, 5.74) is -1.000. The van der Waals surface area contributed by atoms with Crippen LogP contribution in [-0.2, 0) is 19.1 Å². The first-order valence-corrected chi connectivity index (χ1v) is 7.17. The van der Waals surface area contributed by atoms with Crippen molar-refractivity contribution >= 4 is 18.0 Å². The SMILES string of the molecule is O=C(/C=C/c1ccc(O)cc1)O[C@@H]1[C@H](O)C[C@]2(O)C[C@H]1OC2=O. The third kappa shape index (κ3) is 3.06. The fourth-order valence-corrected chi connectivity index (χ4v) is 2.84.